The molecule has 2 N–H and O–H groups in total. The third-order valence-electron chi connectivity index (χ3n) is 6.94. The van der Waals surface area contributed by atoms with Crippen molar-refractivity contribution in [1.82, 2.24) is 15.1 Å². The Hall–Kier alpha value is -2.53. The van der Waals surface area contributed by atoms with Crippen LogP contribution >= 0.6 is 0 Å². The lowest BCUT2D eigenvalue weighted by atomic mass is 9.77. The molecule has 5 rings (SSSR count). The summed E-state index contributed by atoms with van der Waals surface area (Å²) < 4.78 is 0. The summed E-state index contributed by atoms with van der Waals surface area (Å²) >= 11 is 0. The molecule has 1 saturated heterocycles. The van der Waals surface area contributed by atoms with Crippen LogP contribution in [0.4, 0.5) is 11.5 Å². The summed E-state index contributed by atoms with van der Waals surface area (Å²) in [5, 5.41) is 12.5. The molecule has 1 aromatic heterocycles. The second-order valence-electron chi connectivity index (χ2n) is 9.47. The molecule has 2 aliphatic heterocycles. The summed E-state index contributed by atoms with van der Waals surface area (Å²) in [6, 6.07) is 15.5. The first-order valence-electron chi connectivity index (χ1n) is 11.4. The molecule has 3 heterocycles. The highest BCUT2D eigenvalue weighted by molar-refractivity contribution is 5.90. The van der Waals surface area contributed by atoms with Gasteiger partial charge in [0.1, 0.15) is 0 Å². The maximum atomic E-state index is 4.57. The molecule has 158 valence electrons. The summed E-state index contributed by atoms with van der Waals surface area (Å²) in [6.07, 6.45) is 3.59. The molecule has 0 spiro atoms. The van der Waals surface area contributed by atoms with Crippen molar-refractivity contribution in [3.05, 3.63) is 53.6 Å². The van der Waals surface area contributed by atoms with Crippen molar-refractivity contribution in [2.24, 2.45) is 0 Å². The van der Waals surface area contributed by atoms with Crippen LogP contribution in [0, 0.1) is 0 Å². The summed E-state index contributed by atoms with van der Waals surface area (Å²) in [6.45, 7) is 11.3. The molecule has 0 radical (unpaired) electrons. The largest absolute Gasteiger partial charge is 0.385 e. The molecule has 0 unspecified atom stereocenters. The number of para-hydroxylation sites is 1. The number of nitrogens with zero attached hydrogens (tertiary/aromatic N) is 3. The van der Waals surface area contributed by atoms with Gasteiger partial charge in [0, 0.05) is 43.8 Å². The van der Waals surface area contributed by atoms with E-state index in [2.05, 4.69) is 81.6 Å². The molecule has 1 fully saturated rings. The minimum absolute atomic E-state index is 0.281. The van der Waals surface area contributed by atoms with Crippen molar-refractivity contribution in [3.63, 3.8) is 0 Å². The maximum absolute atomic E-state index is 4.57. The Morgan fingerprint density at radius 3 is 2.73 bits per heavy atom. The summed E-state index contributed by atoms with van der Waals surface area (Å²) in [4.78, 5) is 5.03. The van der Waals surface area contributed by atoms with Gasteiger partial charge in [-0.1, -0.05) is 38.1 Å². The van der Waals surface area contributed by atoms with E-state index in [1.54, 1.807) is 0 Å². The first-order valence-corrected chi connectivity index (χ1v) is 11.4. The van der Waals surface area contributed by atoms with Crippen LogP contribution in [0.5, 0.6) is 0 Å². The second-order valence-corrected chi connectivity index (χ2v) is 9.47. The fraction of sp³-hybridized carbons (Fsp3) is 0.480. The van der Waals surface area contributed by atoms with E-state index in [4.69, 9.17) is 0 Å². The van der Waals surface area contributed by atoms with Crippen LogP contribution in [0.3, 0.4) is 0 Å². The predicted octanol–water partition coefficient (Wildman–Crippen LogP) is 4.41. The van der Waals surface area contributed by atoms with Gasteiger partial charge in [0.15, 0.2) is 5.82 Å². The average molecular weight is 404 g/mol. The molecular weight excluding hydrogens is 370 g/mol. The lowest BCUT2D eigenvalue weighted by molar-refractivity contribution is 0.254. The van der Waals surface area contributed by atoms with Gasteiger partial charge in [-0.2, -0.15) is 5.10 Å². The van der Waals surface area contributed by atoms with Crippen molar-refractivity contribution in [3.8, 4) is 0 Å². The highest BCUT2D eigenvalue weighted by Crippen LogP contribution is 2.37. The van der Waals surface area contributed by atoms with Crippen LogP contribution in [0.2, 0.25) is 0 Å². The van der Waals surface area contributed by atoms with E-state index in [0.29, 0.717) is 0 Å². The minimum atomic E-state index is 0.281. The summed E-state index contributed by atoms with van der Waals surface area (Å²) in [5.41, 5.74) is 5.71. The summed E-state index contributed by atoms with van der Waals surface area (Å²) in [5.74, 6) is 1.11. The van der Waals surface area contributed by atoms with Gasteiger partial charge in [-0.25, -0.2) is 0 Å². The number of fused-ring (bicyclic) bond motifs is 2. The fourth-order valence-electron chi connectivity index (χ4n) is 4.99. The molecule has 5 heteroatoms. The standard InChI is InChI=1S/C25H33N5/c1-25(2)11-12-26-23-10-9-19(18-21(23)25)6-5-13-29-14-16-30(17-15-29)24-20-7-3-4-8-22(20)27-28-24/h3-4,7-10,18,26H,5-6,11-17H2,1-2H3,(H,27,28). The highest BCUT2D eigenvalue weighted by atomic mass is 15.3. The molecule has 0 saturated carbocycles. The van der Waals surface area contributed by atoms with Crippen LogP contribution < -0.4 is 10.2 Å². The number of rotatable bonds is 5. The van der Waals surface area contributed by atoms with Gasteiger partial charge in [-0.15, -0.1) is 0 Å². The minimum Gasteiger partial charge on any atom is -0.385 e. The SMILES string of the molecule is CC1(C)CCNc2ccc(CCCN3CCN(c4n[nH]c5ccccc45)CC3)cc21. The van der Waals surface area contributed by atoms with E-state index in [-0.39, 0.29) is 5.41 Å². The number of benzene rings is 2. The third kappa shape index (κ3) is 3.79. The van der Waals surface area contributed by atoms with E-state index in [9.17, 15) is 0 Å². The quantitative estimate of drug-likeness (QED) is 0.662. The number of aromatic nitrogens is 2. The van der Waals surface area contributed by atoms with Crippen LogP contribution in [-0.4, -0.2) is 54.4 Å². The zero-order valence-electron chi connectivity index (χ0n) is 18.2. The smallest absolute Gasteiger partial charge is 0.158 e. The monoisotopic (exact) mass is 403 g/mol. The van der Waals surface area contributed by atoms with Crippen LogP contribution in [0.1, 0.15) is 37.8 Å². The van der Waals surface area contributed by atoms with E-state index in [1.165, 1.54) is 41.6 Å². The molecule has 0 amide bonds. The van der Waals surface area contributed by atoms with E-state index in [1.807, 2.05) is 0 Å². The second kappa shape index (κ2) is 7.95. The molecule has 0 bridgehead atoms. The molecule has 2 aromatic carbocycles. The fourth-order valence-corrected chi connectivity index (χ4v) is 4.99. The number of aromatic amines is 1. The van der Waals surface area contributed by atoms with E-state index < -0.39 is 0 Å². The molecule has 5 nitrogen and oxygen atoms in total. The third-order valence-corrected chi connectivity index (χ3v) is 6.94. The number of anilines is 2. The van der Waals surface area contributed by atoms with Crippen LogP contribution in [0.15, 0.2) is 42.5 Å². The van der Waals surface area contributed by atoms with Gasteiger partial charge in [0.05, 0.1) is 5.52 Å². The predicted molar refractivity (Wildman–Crippen MR) is 126 cm³/mol. The Bertz CT molecular complexity index is 1010. The number of nitrogens with one attached hydrogen (secondary N) is 2. The van der Waals surface area contributed by atoms with Gasteiger partial charge in [0.2, 0.25) is 0 Å². The van der Waals surface area contributed by atoms with E-state index >= 15 is 0 Å². The maximum Gasteiger partial charge on any atom is 0.158 e. The van der Waals surface area contributed by atoms with Crippen molar-refractivity contribution in [2.75, 3.05) is 49.5 Å². The Morgan fingerprint density at radius 2 is 1.87 bits per heavy atom. The number of hydrogen-bond donors (Lipinski definition) is 2. The Labute approximate surface area is 179 Å². The van der Waals surface area contributed by atoms with Crippen molar-refractivity contribution in [1.29, 1.82) is 0 Å². The first-order chi connectivity index (χ1) is 14.6. The Morgan fingerprint density at radius 1 is 1.03 bits per heavy atom. The van der Waals surface area contributed by atoms with E-state index in [0.717, 1.165) is 50.5 Å². The zero-order chi connectivity index (χ0) is 20.6. The van der Waals surface area contributed by atoms with Gasteiger partial charge < -0.3 is 10.2 Å². The van der Waals surface area contributed by atoms with Crippen LogP contribution in [0.25, 0.3) is 10.9 Å². The molecule has 0 atom stereocenters. The molecule has 2 aliphatic rings. The molecule has 3 aromatic rings. The number of hydrogen-bond acceptors (Lipinski definition) is 4. The van der Waals surface area contributed by atoms with Crippen LogP contribution in [-0.2, 0) is 11.8 Å². The lowest BCUT2D eigenvalue weighted by Gasteiger charge is -2.35. The Kier molecular flexibility index (Phi) is 5.15. The number of piperazine rings is 1. The Balaban J connectivity index is 1.14. The van der Waals surface area contributed by atoms with Crippen molar-refractivity contribution >= 4 is 22.4 Å². The lowest BCUT2D eigenvalue weighted by Crippen LogP contribution is -2.46. The van der Waals surface area contributed by atoms with Gasteiger partial charge in [-0.3, -0.25) is 10.00 Å². The van der Waals surface area contributed by atoms with Gasteiger partial charge in [0.25, 0.3) is 0 Å². The average Bonchev–Trinajstić information content (AvgIpc) is 3.19. The number of aryl methyl sites for hydroxylation is 1. The number of H-pyrrole nitrogens is 1. The molecule has 30 heavy (non-hydrogen) atoms. The van der Waals surface area contributed by atoms with Gasteiger partial charge in [-0.05, 0) is 60.5 Å². The van der Waals surface area contributed by atoms with Crippen molar-refractivity contribution < 1.29 is 0 Å². The highest BCUT2D eigenvalue weighted by Gasteiger charge is 2.27. The topological polar surface area (TPSA) is 47.2 Å². The molecular formula is C25H33N5. The first kappa shape index (κ1) is 19.4. The normalized spacial score (nSPS) is 18.9. The van der Waals surface area contributed by atoms with Gasteiger partial charge >= 0.3 is 0 Å². The summed E-state index contributed by atoms with van der Waals surface area (Å²) in [7, 11) is 0. The molecule has 0 aliphatic carbocycles. The van der Waals surface area contributed by atoms with Crippen molar-refractivity contribution in [2.45, 2.75) is 38.5 Å². The zero-order valence-corrected chi connectivity index (χ0v) is 18.2.